The standard InChI is InChI=1S/C7H11N5O2S/c1-13-6-10-5(9-4(8)15-3)11-7(12-6)14-2/h1-3H3,(H2,8,9,10,11,12). The van der Waals surface area contributed by atoms with Gasteiger partial charge in [0.25, 0.3) is 0 Å². The molecule has 82 valence electrons. The summed E-state index contributed by atoms with van der Waals surface area (Å²) in [5, 5.41) is 10.3. The molecular formula is C7H11N5O2S. The van der Waals surface area contributed by atoms with Crippen LogP contribution in [0.15, 0.2) is 0 Å². The van der Waals surface area contributed by atoms with Crippen LogP contribution in [0.4, 0.5) is 5.95 Å². The van der Waals surface area contributed by atoms with Crippen molar-refractivity contribution in [3.8, 4) is 12.0 Å². The number of rotatable bonds is 3. The zero-order valence-electron chi connectivity index (χ0n) is 8.57. The van der Waals surface area contributed by atoms with Gasteiger partial charge in [0.1, 0.15) is 0 Å². The number of thioether (sulfide) groups is 1. The highest BCUT2D eigenvalue weighted by atomic mass is 32.2. The largest absolute Gasteiger partial charge is 0.467 e. The molecule has 7 nitrogen and oxygen atoms in total. The van der Waals surface area contributed by atoms with Gasteiger partial charge in [-0.25, -0.2) is 0 Å². The Morgan fingerprint density at radius 2 is 1.73 bits per heavy atom. The van der Waals surface area contributed by atoms with Gasteiger partial charge in [0, 0.05) is 0 Å². The van der Waals surface area contributed by atoms with Crippen LogP contribution in [0.25, 0.3) is 0 Å². The summed E-state index contributed by atoms with van der Waals surface area (Å²) in [6.07, 6.45) is 1.77. The Bertz CT molecular complexity index is 337. The van der Waals surface area contributed by atoms with Gasteiger partial charge in [-0.3, -0.25) is 5.41 Å². The molecule has 0 saturated heterocycles. The molecule has 1 aromatic rings. The number of anilines is 1. The number of methoxy groups -OCH3 is 2. The lowest BCUT2D eigenvalue weighted by atomic mass is 10.8. The molecular weight excluding hydrogens is 218 g/mol. The van der Waals surface area contributed by atoms with Crippen molar-refractivity contribution in [3.05, 3.63) is 0 Å². The molecule has 0 aromatic carbocycles. The highest BCUT2D eigenvalue weighted by molar-refractivity contribution is 8.13. The van der Waals surface area contributed by atoms with Crippen LogP contribution in [0.2, 0.25) is 0 Å². The number of hydrogen-bond donors (Lipinski definition) is 2. The summed E-state index contributed by atoms with van der Waals surface area (Å²) in [5.74, 6) is 0.220. The van der Waals surface area contributed by atoms with E-state index in [9.17, 15) is 0 Å². The maximum absolute atomic E-state index is 7.40. The molecule has 15 heavy (non-hydrogen) atoms. The van der Waals surface area contributed by atoms with Gasteiger partial charge in [-0.05, 0) is 6.26 Å². The molecule has 0 aliphatic heterocycles. The van der Waals surface area contributed by atoms with Gasteiger partial charge in [0.2, 0.25) is 5.95 Å². The second-order valence-electron chi connectivity index (χ2n) is 2.29. The summed E-state index contributed by atoms with van der Waals surface area (Å²) in [5.41, 5.74) is 0. The zero-order valence-corrected chi connectivity index (χ0v) is 9.38. The molecule has 0 spiro atoms. The minimum absolute atomic E-state index is 0.137. The van der Waals surface area contributed by atoms with E-state index < -0.39 is 0 Å². The summed E-state index contributed by atoms with van der Waals surface area (Å²) in [7, 11) is 2.89. The quantitative estimate of drug-likeness (QED) is 0.579. The SMILES string of the molecule is COc1nc(NC(=N)SC)nc(OC)n1. The van der Waals surface area contributed by atoms with Crippen molar-refractivity contribution in [1.82, 2.24) is 15.0 Å². The maximum Gasteiger partial charge on any atom is 0.324 e. The minimum atomic E-state index is 0.137. The summed E-state index contributed by atoms with van der Waals surface area (Å²) < 4.78 is 9.71. The van der Waals surface area contributed by atoms with Crippen LogP contribution in [-0.4, -0.2) is 40.6 Å². The highest BCUT2D eigenvalue weighted by Crippen LogP contribution is 2.12. The van der Waals surface area contributed by atoms with Gasteiger partial charge in [-0.15, -0.1) is 4.98 Å². The molecule has 0 unspecified atom stereocenters. The van der Waals surface area contributed by atoms with Crippen LogP contribution >= 0.6 is 11.8 Å². The number of hydrogen-bond acceptors (Lipinski definition) is 7. The van der Waals surface area contributed by atoms with Crippen LogP contribution in [0, 0.1) is 5.41 Å². The second-order valence-corrected chi connectivity index (χ2v) is 3.11. The number of amidine groups is 1. The van der Waals surface area contributed by atoms with Crippen LogP contribution in [-0.2, 0) is 0 Å². The summed E-state index contributed by atoms with van der Waals surface area (Å²) >= 11 is 1.24. The molecule has 2 N–H and O–H groups in total. The van der Waals surface area contributed by atoms with E-state index in [0.29, 0.717) is 0 Å². The fraction of sp³-hybridized carbons (Fsp3) is 0.429. The Hall–Kier alpha value is -1.57. The first-order chi connectivity index (χ1) is 7.19. The first-order valence-electron chi connectivity index (χ1n) is 3.93. The van der Waals surface area contributed by atoms with Crippen molar-refractivity contribution in [2.45, 2.75) is 0 Å². The van der Waals surface area contributed by atoms with E-state index in [0.717, 1.165) is 0 Å². The molecule has 0 aliphatic rings. The predicted octanol–water partition coefficient (Wildman–Crippen LogP) is 0.598. The van der Waals surface area contributed by atoms with Gasteiger partial charge in [0.05, 0.1) is 14.2 Å². The Kier molecular flexibility index (Phi) is 4.10. The molecule has 0 fully saturated rings. The number of ether oxygens (including phenoxy) is 2. The second kappa shape index (κ2) is 5.35. The predicted molar refractivity (Wildman–Crippen MR) is 57.8 cm³/mol. The maximum atomic E-state index is 7.40. The molecule has 0 bridgehead atoms. The number of aromatic nitrogens is 3. The Labute approximate surface area is 91.1 Å². The zero-order chi connectivity index (χ0) is 11.3. The van der Waals surface area contributed by atoms with Crippen LogP contribution < -0.4 is 14.8 Å². The molecule has 0 amide bonds. The fourth-order valence-electron chi connectivity index (χ4n) is 0.729. The monoisotopic (exact) mass is 229 g/mol. The Balaban J connectivity index is 2.91. The summed E-state index contributed by atoms with van der Waals surface area (Å²) in [6, 6.07) is 0.275. The Morgan fingerprint density at radius 3 is 2.13 bits per heavy atom. The normalized spacial score (nSPS) is 9.53. The summed E-state index contributed by atoms with van der Waals surface area (Å²) in [6.45, 7) is 0. The van der Waals surface area contributed by atoms with E-state index in [1.54, 1.807) is 6.26 Å². The molecule has 1 heterocycles. The van der Waals surface area contributed by atoms with Crippen molar-refractivity contribution in [2.24, 2.45) is 0 Å². The van der Waals surface area contributed by atoms with E-state index in [1.165, 1.54) is 26.0 Å². The first-order valence-corrected chi connectivity index (χ1v) is 5.15. The lowest BCUT2D eigenvalue weighted by Gasteiger charge is -2.06. The minimum Gasteiger partial charge on any atom is -0.467 e. The number of nitrogens with one attached hydrogen (secondary N) is 2. The smallest absolute Gasteiger partial charge is 0.324 e. The molecule has 0 radical (unpaired) electrons. The average Bonchev–Trinajstić information content (AvgIpc) is 2.28. The third-order valence-electron chi connectivity index (χ3n) is 1.39. The van der Waals surface area contributed by atoms with Gasteiger partial charge in [-0.2, -0.15) is 9.97 Å². The van der Waals surface area contributed by atoms with E-state index >= 15 is 0 Å². The summed E-state index contributed by atoms with van der Waals surface area (Å²) in [4.78, 5) is 11.6. The van der Waals surface area contributed by atoms with Crippen molar-refractivity contribution in [1.29, 1.82) is 5.41 Å². The van der Waals surface area contributed by atoms with Crippen molar-refractivity contribution in [2.75, 3.05) is 25.8 Å². The van der Waals surface area contributed by atoms with Gasteiger partial charge >= 0.3 is 12.0 Å². The molecule has 1 rings (SSSR count). The molecule has 0 saturated carbocycles. The van der Waals surface area contributed by atoms with Crippen molar-refractivity contribution in [3.63, 3.8) is 0 Å². The highest BCUT2D eigenvalue weighted by Gasteiger charge is 2.07. The average molecular weight is 229 g/mol. The van der Waals surface area contributed by atoms with Crippen LogP contribution in [0.1, 0.15) is 0 Å². The molecule has 8 heteroatoms. The third-order valence-corrected chi connectivity index (χ3v) is 1.90. The van der Waals surface area contributed by atoms with Crippen LogP contribution in [0.5, 0.6) is 12.0 Å². The van der Waals surface area contributed by atoms with E-state index in [2.05, 4.69) is 20.3 Å². The van der Waals surface area contributed by atoms with Gasteiger partial charge in [0.15, 0.2) is 5.17 Å². The lowest BCUT2D eigenvalue weighted by Crippen LogP contribution is -2.10. The Morgan fingerprint density at radius 1 is 1.20 bits per heavy atom. The van der Waals surface area contributed by atoms with Gasteiger partial charge in [-0.1, -0.05) is 11.8 Å². The topological polar surface area (TPSA) is 93.0 Å². The van der Waals surface area contributed by atoms with E-state index in [4.69, 9.17) is 14.9 Å². The molecule has 1 aromatic heterocycles. The molecule has 0 aliphatic carbocycles. The van der Waals surface area contributed by atoms with Gasteiger partial charge < -0.3 is 14.8 Å². The third kappa shape index (κ3) is 3.24. The van der Waals surface area contributed by atoms with Crippen molar-refractivity contribution < 1.29 is 9.47 Å². The number of nitrogens with zero attached hydrogens (tertiary/aromatic N) is 3. The first kappa shape index (κ1) is 11.5. The van der Waals surface area contributed by atoms with Crippen molar-refractivity contribution >= 4 is 22.9 Å². The van der Waals surface area contributed by atoms with E-state index in [-0.39, 0.29) is 23.1 Å². The van der Waals surface area contributed by atoms with Crippen LogP contribution in [0.3, 0.4) is 0 Å². The van der Waals surface area contributed by atoms with E-state index in [1.807, 2.05) is 0 Å². The fourth-order valence-corrected chi connectivity index (χ4v) is 0.922. The lowest BCUT2D eigenvalue weighted by molar-refractivity contribution is 0.341. The molecule has 0 atom stereocenters.